The molecule has 0 aliphatic heterocycles. The van der Waals surface area contributed by atoms with E-state index in [1.54, 1.807) is 19.4 Å². The molecule has 1 saturated carbocycles. The van der Waals surface area contributed by atoms with Gasteiger partial charge in [0.1, 0.15) is 5.82 Å². The number of hydrogen-bond donors (Lipinski definition) is 0. The molecule has 1 fully saturated rings. The van der Waals surface area contributed by atoms with Crippen molar-refractivity contribution in [2.75, 3.05) is 13.7 Å². The lowest BCUT2D eigenvalue weighted by Gasteiger charge is -2.23. The Morgan fingerprint density at radius 2 is 1.86 bits per heavy atom. The molecule has 0 radical (unpaired) electrons. The van der Waals surface area contributed by atoms with Crippen LogP contribution in [-0.4, -0.2) is 29.6 Å². The van der Waals surface area contributed by atoms with Crippen LogP contribution in [0.5, 0.6) is 11.5 Å². The average Bonchev–Trinajstić information content (AvgIpc) is 2.82. The zero-order valence-electron chi connectivity index (χ0n) is 20.6. The molecule has 186 valence electrons. The van der Waals surface area contributed by atoms with Crippen molar-refractivity contribution in [1.82, 2.24) is 9.66 Å². The fraction of sp³-hybridized carbons (Fsp3) is 0.444. The van der Waals surface area contributed by atoms with Crippen molar-refractivity contribution < 1.29 is 9.47 Å². The third-order valence-corrected chi connectivity index (χ3v) is 6.98. The predicted octanol–water partition coefficient (Wildman–Crippen LogP) is 7.28. The SMILES string of the molecule is COc1cc(Br)cc(C=Nn2c(C3CCCCC3)nc3ccc(Br)cc3c2=O)c1OCC(C)(C)C. The van der Waals surface area contributed by atoms with Crippen LogP contribution in [0.3, 0.4) is 0 Å². The van der Waals surface area contributed by atoms with Crippen molar-refractivity contribution >= 4 is 49.0 Å². The second kappa shape index (κ2) is 10.8. The number of benzene rings is 2. The summed E-state index contributed by atoms with van der Waals surface area (Å²) >= 11 is 7.03. The van der Waals surface area contributed by atoms with Crippen molar-refractivity contribution in [2.45, 2.75) is 58.8 Å². The van der Waals surface area contributed by atoms with Crippen LogP contribution >= 0.6 is 31.9 Å². The van der Waals surface area contributed by atoms with E-state index in [9.17, 15) is 4.79 Å². The number of aromatic nitrogens is 2. The molecule has 1 aliphatic rings. The van der Waals surface area contributed by atoms with E-state index in [-0.39, 0.29) is 16.9 Å². The molecule has 1 aliphatic carbocycles. The lowest BCUT2D eigenvalue weighted by atomic mass is 9.88. The highest BCUT2D eigenvalue weighted by Gasteiger charge is 2.23. The number of rotatable bonds is 6. The molecular formula is C27H31Br2N3O3. The Morgan fingerprint density at radius 1 is 1.11 bits per heavy atom. The number of hydrogen-bond acceptors (Lipinski definition) is 5. The van der Waals surface area contributed by atoms with E-state index in [4.69, 9.17) is 19.6 Å². The maximum Gasteiger partial charge on any atom is 0.282 e. The standard InChI is InChI=1S/C27H31Br2N3O3/c1-27(2,3)16-35-24-18(12-20(29)14-23(24)34-4)15-30-32-25(17-8-6-5-7-9-17)31-22-11-10-19(28)13-21(22)26(32)33/h10-15,17H,5-9,16H2,1-4H3. The lowest BCUT2D eigenvalue weighted by Crippen LogP contribution is -2.25. The number of fused-ring (bicyclic) bond motifs is 1. The Balaban J connectivity index is 1.85. The maximum absolute atomic E-state index is 13.6. The molecule has 0 N–H and O–H groups in total. The quantitative estimate of drug-likeness (QED) is 0.277. The van der Waals surface area contributed by atoms with Gasteiger partial charge in [-0.25, -0.2) is 4.98 Å². The number of ether oxygens (including phenoxy) is 2. The smallest absolute Gasteiger partial charge is 0.282 e. The van der Waals surface area contributed by atoms with E-state index in [1.165, 1.54) is 11.1 Å². The monoisotopic (exact) mass is 603 g/mol. The minimum absolute atomic E-state index is 0.0345. The molecule has 1 heterocycles. The molecule has 0 spiro atoms. The van der Waals surface area contributed by atoms with Crippen molar-refractivity contribution in [1.29, 1.82) is 0 Å². The fourth-order valence-electron chi connectivity index (χ4n) is 4.30. The largest absolute Gasteiger partial charge is 0.493 e. The highest BCUT2D eigenvalue weighted by Crippen LogP contribution is 2.36. The summed E-state index contributed by atoms with van der Waals surface area (Å²) < 4.78 is 14.9. The Morgan fingerprint density at radius 3 is 2.54 bits per heavy atom. The minimum atomic E-state index is -0.174. The molecule has 0 unspecified atom stereocenters. The summed E-state index contributed by atoms with van der Waals surface area (Å²) in [5, 5.41) is 5.23. The third kappa shape index (κ3) is 6.15. The molecule has 3 aromatic rings. The van der Waals surface area contributed by atoms with Crippen molar-refractivity contribution in [2.24, 2.45) is 10.5 Å². The van der Waals surface area contributed by atoms with Crippen LogP contribution < -0.4 is 15.0 Å². The molecule has 4 rings (SSSR count). The molecule has 35 heavy (non-hydrogen) atoms. The number of methoxy groups -OCH3 is 1. The summed E-state index contributed by atoms with van der Waals surface area (Å²) in [6.45, 7) is 6.84. The highest BCUT2D eigenvalue weighted by molar-refractivity contribution is 9.10. The molecule has 8 heteroatoms. The average molecular weight is 605 g/mol. The highest BCUT2D eigenvalue weighted by atomic mass is 79.9. The van der Waals surface area contributed by atoms with Crippen LogP contribution in [0.1, 0.15) is 70.2 Å². The maximum atomic E-state index is 13.6. The van der Waals surface area contributed by atoms with Gasteiger partial charge in [-0.2, -0.15) is 9.78 Å². The van der Waals surface area contributed by atoms with Crippen molar-refractivity contribution in [3.8, 4) is 11.5 Å². The third-order valence-electron chi connectivity index (χ3n) is 6.03. The van der Waals surface area contributed by atoms with E-state index in [0.717, 1.165) is 46.0 Å². The van der Waals surface area contributed by atoms with E-state index in [0.29, 0.717) is 29.0 Å². The van der Waals surface area contributed by atoms with E-state index in [2.05, 4.69) is 52.6 Å². The number of nitrogens with zero attached hydrogens (tertiary/aromatic N) is 3. The molecule has 6 nitrogen and oxygen atoms in total. The zero-order valence-corrected chi connectivity index (χ0v) is 23.8. The van der Waals surface area contributed by atoms with Gasteiger partial charge >= 0.3 is 0 Å². The first-order valence-electron chi connectivity index (χ1n) is 11.9. The second-order valence-corrected chi connectivity index (χ2v) is 12.0. The van der Waals surface area contributed by atoms with Gasteiger partial charge < -0.3 is 9.47 Å². The van der Waals surface area contributed by atoms with Gasteiger partial charge in [-0.05, 0) is 48.6 Å². The van der Waals surface area contributed by atoms with Crippen LogP contribution in [0.25, 0.3) is 10.9 Å². The van der Waals surface area contributed by atoms with Crippen LogP contribution in [0.15, 0.2) is 49.2 Å². The predicted molar refractivity (Wildman–Crippen MR) is 148 cm³/mol. The Hall–Kier alpha value is -2.19. The molecule has 1 aromatic heterocycles. The summed E-state index contributed by atoms with van der Waals surface area (Å²) in [7, 11) is 1.61. The number of halogens is 2. The summed E-state index contributed by atoms with van der Waals surface area (Å²) in [6.07, 6.45) is 7.18. The summed E-state index contributed by atoms with van der Waals surface area (Å²) in [5.74, 6) is 2.12. The molecule has 0 bridgehead atoms. The van der Waals surface area contributed by atoms with Gasteiger partial charge in [0.15, 0.2) is 11.5 Å². The van der Waals surface area contributed by atoms with E-state index >= 15 is 0 Å². The molecule has 2 aromatic carbocycles. The summed E-state index contributed by atoms with van der Waals surface area (Å²) in [4.78, 5) is 18.5. The fourth-order valence-corrected chi connectivity index (χ4v) is 5.12. The Bertz CT molecular complexity index is 1310. The van der Waals surface area contributed by atoms with Crippen molar-refractivity contribution in [3.63, 3.8) is 0 Å². The molecule has 0 saturated heterocycles. The first-order chi connectivity index (χ1) is 16.7. The topological polar surface area (TPSA) is 65.7 Å². The van der Waals surface area contributed by atoms with Crippen molar-refractivity contribution in [3.05, 3.63) is 61.0 Å². The molecule has 0 amide bonds. The normalized spacial score (nSPS) is 15.1. The van der Waals surface area contributed by atoms with Gasteiger partial charge in [0.25, 0.3) is 5.56 Å². The van der Waals surface area contributed by atoms with Crippen LogP contribution in [0.2, 0.25) is 0 Å². The molecular weight excluding hydrogens is 574 g/mol. The van der Waals surface area contributed by atoms with Gasteiger partial charge in [0.2, 0.25) is 0 Å². The summed E-state index contributed by atoms with van der Waals surface area (Å²) in [6, 6.07) is 9.39. The van der Waals surface area contributed by atoms with E-state index < -0.39 is 0 Å². The van der Waals surface area contributed by atoms with Gasteiger partial charge in [-0.3, -0.25) is 4.79 Å². The van der Waals surface area contributed by atoms with Crippen LogP contribution in [0, 0.1) is 5.41 Å². The van der Waals surface area contributed by atoms with Gasteiger partial charge in [0, 0.05) is 20.4 Å². The van der Waals surface area contributed by atoms with Crippen LogP contribution in [-0.2, 0) is 0 Å². The second-order valence-electron chi connectivity index (χ2n) is 10.2. The first-order valence-corrected chi connectivity index (χ1v) is 13.5. The van der Waals surface area contributed by atoms with Gasteiger partial charge in [-0.15, -0.1) is 0 Å². The Labute approximate surface area is 223 Å². The van der Waals surface area contributed by atoms with Crippen LogP contribution in [0.4, 0.5) is 0 Å². The first kappa shape index (κ1) is 25.9. The minimum Gasteiger partial charge on any atom is -0.493 e. The van der Waals surface area contributed by atoms with Gasteiger partial charge in [-0.1, -0.05) is 71.9 Å². The Kier molecular flexibility index (Phi) is 8.01. The van der Waals surface area contributed by atoms with E-state index in [1.807, 2.05) is 24.3 Å². The van der Waals surface area contributed by atoms with Gasteiger partial charge in [0.05, 0.1) is 30.8 Å². The molecule has 0 atom stereocenters. The lowest BCUT2D eigenvalue weighted by molar-refractivity contribution is 0.191. The summed E-state index contributed by atoms with van der Waals surface area (Å²) in [5.41, 5.74) is 1.21. The zero-order chi connectivity index (χ0) is 25.2.